The summed E-state index contributed by atoms with van der Waals surface area (Å²) in [6.07, 6.45) is 2.26. The summed E-state index contributed by atoms with van der Waals surface area (Å²) in [5, 5.41) is 2.43. The maximum Gasteiger partial charge on any atom is 0.274 e. The van der Waals surface area contributed by atoms with Crippen LogP contribution in [0.1, 0.15) is 28.7 Å². The van der Waals surface area contributed by atoms with E-state index in [9.17, 15) is 13.6 Å². The summed E-state index contributed by atoms with van der Waals surface area (Å²) in [6, 6.07) is 4.82. The van der Waals surface area contributed by atoms with Crippen LogP contribution >= 0.6 is 15.9 Å². The zero-order chi connectivity index (χ0) is 17.4. The second-order valence-corrected chi connectivity index (χ2v) is 6.29. The maximum atomic E-state index is 13.8. The van der Waals surface area contributed by atoms with Gasteiger partial charge in [-0.25, -0.2) is 13.8 Å². The number of nitrogens with one attached hydrogen (secondary N) is 1. The summed E-state index contributed by atoms with van der Waals surface area (Å²) in [5.74, 6) is -1.87. The minimum absolute atomic E-state index is 0.205. The number of hydrogen-bond donors (Lipinski definition) is 1. The van der Waals surface area contributed by atoms with Gasteiger partial charge in [0, 0.05) is 16.7 Å². The standard InChI is InChI=1S/C17H14BrF2N3O/c1-3-13-15(23-8-10(18)6-9(2)16(23)21-13)17(24)22-14-7-11(19)4-5-12(14)20/h4-8H,3H2,1-2H3,(H,22,24). The van der Waals surface area contributed by atoms with Crippen molar-refractivity contribution in [1.82, 2.24) is 9.38 Å². The van der Waals surface area contributed by atoms with Crippen molar-refractivity contribution in [2.24, 2.45) is 0 Å². The molecule has 1 aromatic carbocycles. The molecule has 0 spiro atoms. The van der Waals surface area contributed by atoms with Crippen LogP contribution < -0.4 is 5.32 Å². The van der Waals surface area contributed by atoms with Crippen LogP contribution in [-0.2, 0) is 6.42 Å². The van der Waals surface area contributed by atoms with Crippen LogP contribution in [0.15, 0.2) is 34.9 Å². The highest BCUT2D eigenvalue weighted by Gasteiger charge is 2.21. The van der Waals surface area contributed by atoms with Crippen molar-refractivity contribution in [3.8, 4) is 0 Å². The van der Waals surface area contributed by atoms with Crippen molar-refractivity contribution >= 4 is 33.2 Å². The fourth-order valence-corrected chi connectivity index (χ4v) is 3.13. The second kappa shape index (κ2) is 6.32. The number of amides is 1. The van der Waals surface area contributed by atoms with Gasteiger partial charge in [-0.15, -0.1) is 0 Å². The van der Waals surface area contributed by atoms with E-state index in [1.165, 1.54) is 0 Å². The van der Waals surface area contributed by atoms with Gasteiger partial charge in [0.1, 0.15) is 23.0 Å². The van der Waals surface area contributed by atoms with Crippen LogP contribution in [-0.4, -0.2) is 15.3 Å². The smallest absolute Gasteiger partial charge is 0.274 e. The summed E-state index contributed by atoms with van der Waals surface area (Å²) in [5.41, 5.74) is 2.24. The molecule has 1 amide bonds. The molecule has 0 saturated heterocycles. The summed E-state index contributed by atoms with van der Waals surface area (Å²) >= 11 is 3.40. The van der Waals surface area contributed by atoms with Crippen molar-refractivity contribution in [3.05, 3.63) is 63.5 Å². The average Bonchev–Trinajstić information content (AvgIpc) is 2.89. The van der Waals surface area contributed by atoms with Crippen LogP contribution in [0.5, 0.6) is 0 Å². The first-order chi connectivity index (χ1) is 11.4. The van der Waals surface area contributed by atoms with E-state index >= 15 is 0 Å². The Morgan fingerprint density at radius 1 is 1.33 bits per heavy atom. The number of halogens is 3. The van der Waals surface area contributed by atoms with Gasteiger partial charge in [0.25, 0.3) is 5.91 Å². The lowest BCUT2D eigenvalue weighted by Crippen LogP contribution is -2.17. The molecule has 0 bridgehead atoms. The minimum atomic E-state index is -0.700. The van der Waals surface area contributed by atoms with Gasteiger partial charge in [0.15, 0.2) is 0 Å². The van der Waals surface area contributed by atoms with E-state index < -0.39 is 17.5 Å². The highest BCUT2D eigenvalue weighted by atomic mass is 79.9. The first kappa shape index (κ1) is 16.6. The molecule has 0 atom stereocenters. The Labute approximate surface area is 145 Å². The molecule has 1 N–H and O–H groups in total. The van der Waals surface area contributed by atoms with Gasteiger partial charge >= 0.3 is 0 Å². The van der Waals surface area contributed by atoms with Crippen LogP contribution in [0.4, 0.5) is 14.5 Å². The highest BCUT2D eigenvalue weighted by Crippen LogP contribution is 2.23. The molecule has 0 saturated carbocycles. The summed E-state index contributed by atoms with van der Waals surface area (Å²) in [7, 11) is 0. The minimum Gasteiger partial charge on any atom is -0.318 e. The SMILES string of the molecule is CCc1nc2c(C)cc(Br)cn2c1C(=O)Nc1cc(F)ccc1F. The number of pyridine rings is 1. The summed E-state index contributed by atoms with van der Waals surface area (Å²) < 4.78 is 29.5. The lowest BCUT2D eigenvalue weighted by molar-refractivity contribution is 0.102. The number of nitrogens with zero attached hydrogens (tertiary/aromatic N) is 2. The third-order valence-corrected chi connectivity index (χ3v) is 4.10. The number of fused-ring (bicyclic) bond motifs is 1. The van der Waals surface area contributed by atoms with E-state index in [2.05, 4.69) is 26.2 Å². The van der Waals surface area contributed by atoms with E-state index in [4.69, 9.17) is 0 Å². The predicted molar refractivity (Wildman–Crippen MR) is 91.3 cm³/mol. The number of aryl methyl sites for hydroxylation is 2. The Morgan fingerprint density at radius 2 is 2.08 bits per heavy atom. The number of rotatable bonds is 3. The van der Waals surface area contributed by atoms with Crippen molar-refractivity contribution in [2.75, 3.05) is 5.32 Å². The number of carbonyl (C=O) groups is 1. The highest BCUT2D eigenvalue weighted by molar-refractivity contribution is 9.10. The third kappa shape index (κ3) is 2.91. The molecule has 0 radical (unpaired) electrons. The molecule has 4 nitrogen and oxygen atoms in total. The fourth-order valence-electron chi connectivity index (χ4n) is 2.58. The summed E-state index contributed by atoms with van der Waals surface area (Å²) in [4.78, 5) is 17.2. The first-order valence-corrected chi connectivity index (χ1v) is 8.13. The number of benzene rings is 1. The van der Waals surface area contributed by atoms with Crippen LogP contribution in [0.25, 0.3) is 5.65 Å². The van der Waals surface area contributed by atoms with Gasteiger partial charge < -0.3 is 5.32 Å². The van der Waals surface area contributed by atoms with Crippen LogP contribution in [0.3, 0.4) is 0 Å². The lowest BCUT2D eigenvalue weighted by Gasteiger charge is -2.08. The second-order valence-electron chi connectivity index (χ2n) is 5.37. The van der Waals surface area contributed by atoms with Crippen molar-refractivity contribution in [2.45, 2.75) is 20.3 Å². The fraction of sp³-hybridized carbons (Fsp3) is 0.176. The molecule has 0 unspecified atom stereocenters. The average molecular weight is 394 g/mol. The Bertz CT molecular complexity index is 953. The predicted octanol–water partition coefficient (Wildman–Crippen LogP) is 4.50. The maximum absolute atomic E-state index is 13.8. The van der Waals surface area contributed by atoms with Crippen LogP contribution in [0.2, 0.25) is 0 Å². The molecule has 0 aliphatic heterocycles. The number of carbonyl (C=O) groups excluding carboxylic acids is 1. The first-order valence-electron chi connectivity index (χ1n) is 7.34. The monoisotopic (exact) mass is 393 g/mol. The van der Waals surface area contributed by atoms with E-state index in [0.29, 0.717) is 23.5 Å². The zero-order valence-corrected chi connectivity index (χ0v) is 14.6. The zero-order valence-electron chi connectivity index (χ0n) is 13.0. The van der Waals surface area contributed by atoms with E-state index in [1.807, 2.05) is 19.9 Å². The molecular formula is C17H14BrF2N3O. The van der Waals surface area contributed by atoms with Gasteiger partial charge in [-0.2, -0.15) is 0 Å². The molecule has 24 heavy (non-hydrogen) atoms. The molecular weight excluding hydrogens is 380 g/mol. The van der Waals surface area contributed by atoms with E-state index in [0.717, 1.165) is 28.2 Å². The number of aromatic nitrogens is 2. The molecule has 3 aromatic rings. The molecule has 124 valence electrons. The Morgan fingerprint density at radius 3 is 2.79 bits per heavy atom. The van der Waals surface area contributed by atoms with Gasteiger partial charge in [-0.05, 0) is 53.0 Å². The van der Waals surface area contributed by atoms with Crippen molar-refractivity contribution in [3.63, 3.8) is 0 Å². The Hall–Kier alpha value is -2.28. The number of hydrogen-bond acceptors (Lipinski definition) is 2. The van der Waals surface area contributed by atoms with Gasteiger partial charge in [-0.3, -0.25) is 9.20 Å². The largest absolute Gasteiger partial charge is 0.318 e. The molecule has 0 aliphatic rings. The Kier molecular flexibility index (Phi) is 4.36. The third-order valence-electron chi connectivity index (χ3n) is 3.67. The lowest BCUT2D eigenvalue weighted by atomic mass is 10.2. The topological polar surface area (TPSA) is 46.4 Å². The molecule has 0 fully saturated rings. The van der Waals surface area contributed by atoms with E-state index in [-0.39, 0.29) is 5.69 Å². The molecule has 7 heteroatoms. The van der Waals surface area contributed by atoms with Crippen molar-refractivity contribution < 1.29 is 13.6 Å². The molecule has 2 heterocycles. The summed E-state index contributed by atoms with van der Waals surface area (Å²) in [6.45, 7) is 3.77. The normalized spacial score (nSPS) is 11.0. The van der Waals surface area contributed by atoms with Gasteiger partial charge in [0.2, 0.25) is 0 Å². The number of imidazole rings is 1. The molecule has 2 aromatic heterocycles. The number of anilines is 1. The van der Waals surface area contributed by atoms with Gasteiger partial charge in [-0.1, -0.05) is 6.92 Å². The van der Waals surface area contributed by atoms with Gasteiger partial charge in [0.05, 0.1) is 11.4 Å². The van der Waals surface area contributed by atoms with Crippen molar-refractivity contribution in [1.29, 1.82) is 0 Å². The molecule has 0 aliphatic carbocycles. The quantitative estimate of drug-likeness (QED) is 0.711. The van der Waals surface area contributed by atoms with Crippen LogP contribution in [0, 0.1) is 18.6 Å². The Balaban J connectivity index is 2.11. The van der Waals surface area contributed by atoms with E-state index in [1.54, 1.807) is 10.6 Å². The molecule has 3 rings (SSSR count).